The molecule has 0 saturated carbocycles. The van der Waals surface area contributed by atoms with Crippen LogP contribution < -0.4 is 10.6 Å². The Hall–Kier alpha value is -2.21. The molecular formula is C16H20N4O2. The summed E-state index contributed by atoms with van der Waals surface area (Å²) >= 11 is 0. The molecule has 1 aromatic carbocycles. The third kappa shape index (κ3) is 2.74. The van der Waals surface area contributed by atoms with Crippen LogP contribution in [0.4, 0.5) is 5.95 Å². The van der Waals surface area contributed by atoms with Crippen LogP contribution in [0.3, 0.4) is 0 Å². The summed E-state index contributed by atoms with van der Waals surface area (Å²) in [7, 11) is 0. The monoisotopic (exact) mass is 300 g/mol. The van der Waals surface area contributed by atoms with Crippen molar-refractivity contribution in [1.82, 2.24) is 14.5 Å². The van der Waals surface area contributed by atoms with Crippen molar-refractivity contribution in [2.75, 3.05) is 31.2 Å². The number of nitrogens with zero attached hydrogens (tertiary/aromatic N) is 4. The molecule has 2 heterocycles. The van der Waals surface area contributed by atoms with Crippen molar-refractivity contribution in [2.45, 2.75) is 20.3 Å². The second kappa shape index (κ2) is 6.27. The van der Waals surface area contributed by atoms with E-state index in [1.54, 1.807) is 6.33 Å². The smallest absolute Gasteiger partial charge is 0.356 e. The van der Waals surface area contributed by atoms with Crippen LogP contribution in [0, 0.1) is 6.92 Å². The molecule has 0 bridgehead atoms. The van der Waals surface area contributed by atoms with Crippen molar-refractivity contribution in [3.8, 4) is 5.69 Å². The highest BCUT2D eigenvalue weighted by molar-refractivity contribution is 5.47. The van der Waals surface area contributed by atoms with E-state index in [9.17, 15) is 4.79 Å². The molecule has 0 aliphatic carbocycles. The number of morpholine rings is 1. The van der Waals surface area contributed by atoms with Crippen LogP contribution in [-0.2, 0) is 11.2 Å². The maximum absolute atomic E-state index is 12.5. The lowest BCUT2D eigenvalue weighted by Crippen LogP contribution is -2.39. The normalized spacial score (nSPS) is 15.1. The topological polar surface area (TPSA) is 60.3 Å². The molecule has 6 heteroatoms. The van der Waals surface area contributed by atoms with E-state index < -0.39 is 0 Å². The van der Waals surface area contributed by atoms with Gasteiger partial charge in [0.2, 0.25) is 5.95 Å². The molecule has 116 valence electrons. The SMILES string of the molecule is CCc1cccc(C)c1-n1cnc(N2CCOCC2)nc1=O. The lowest BCUT2D eigenvalue weighted by atomic mass is 10.1. The van der Waals surface area contributed by atoms with Gasteiger partial charge >= 0.3 is 5.69 Å². The van der Waals surface area contributed by atoms with Crippen LogP contribution in [0.5, 0.6) is 0 Å². The lowest BCUT2D eigenvalue weighted by molar-refractivity contribution is 0.122. The Kier molecular flexibility index (Phi) is 4.20. The third-order valence-electron chi connectivity index (χ3n) is 3.93. The number of hydrogen-bond acceptors (Lipinski definition) is 5. The summed E-state index contributed by atoms with van der Waals surface area (Å²) in [6.07, 6.45) is 2.44. The number of hydrogen-bond donors (Lipinski definition) is 0. The van der Waals surface area contributed by atoms with Crippen LogP contribution in [0.1, 0.15) is 18.1 Å². The van der Waals surface area contributed by atoms with Crippen molar-refractivity contribution in [3.05, 3.63) is 46.1 Å². The lowest BCUT2D eigenvalue weighted by Gasteiger charge is -2.26. The Morgan fingerprint density at radius 1 is 1.27 bits per heavy atom. The minimum absolute atomic E-state index is 0.291. The summed E-state index contributed by atoms with van der Waals surface area (Å²) in [6, 6.07) is 6.03. The highest BCUT2D eigenvalue weighted by Gasteiger charge is 2.16. The summed E-state index contributed by atoms with van der Waals surface area (Å²) < 4.78 is 6.85. The molecule has 0 radical (unpaired) electrons. The van der Waals surface area contributed by atoms with Crippen LogP contribution in [0.25, 0.3) is 5.69 Å². The first-order valence-electron chi connectivity index (χ1n) is 7.58. The van der Waals surface area contributed by atoms with Crippen molar-refractivity contribution in [1.29, 1.82) is 0 Å². The minimum Gasteiger partial charge on any atom is -0.378 e. The van der Waals surface area contributed by atoms with Crippen LogP contribution in [0.2, 0.25) is 0 Å². The average Bonchev–Trinajstić information content (AvgIpc) is 2.56. The summed E-state index contributed by atoms with van der Waals surface area (Å²) in [4.78, 5) is 23.0. The van der Waals surface area contributed by atoms with E-state index in [4.69, 9.17) is 4.74 Å². The maximum Gasteiger partial charge on any atom is 0.356 e. The maximum atomic E-state index is 12.5. The van der Waals surface area contributed by atoms with Crippen molar-refractivity contribution >= 4 is 5.95 Å². The van der Waals surface area contributed by atoms with Gasteiger partial charge in [-0.05, 0) is 24.5 Å². The zero-order valence-electron chi connectivity index (χ0n) is 13.0. The van der Waals surface area contributed by atoms with Crippen LogP contribution in [0.15, 0.2) is 29.3 Å². The van der Waals surface area contributed by atoms with Gasteiger partial charge in [0.15, 0.2) is 0 Å². The molecule has 0 N–H and O–H groups in total. The molecule has 3 rings (SSSR count). The van der Waals surface area contributed by atoms with Gasteiger partial charge in [-0.25, -0.2) is 9.78 Å². The predicted octanol–water partition coefficient (Wildman–Crippen LogP) is 1.33. The number of rotatable bonds is 3. The number of benzene rings is 1. The van der Waals surface area contributed by atoms with Gasteiger partial charge in [0, 0.05) is 13.1 Å². The average molecular weight is 300 g/mol. The molecular weight excluding hydrogens is 280 g/mol. The van der Waals surface area contributed by atoms with Crippen molar-refractivity contribution in [3.63, 3.8) is 0 Å². The molecule has 22 heavy (non-hydrogen) atoms. The summed E-state index contributed by atoms with van der Waals surface area (Å²) in [5.41, 5.74) is 2.76. The second-order valence-electron chi connectivity index (χ2n) is 5.34. The van der Waals surface area contributed by atoms with Crippen molar-refractivity contribution < 1.29 is 4.74 Å². The molecule has 1 aromatic heterocycles. The van der Waals surface area contributed by atoms with E-state index in [0.29, 0.717) is 32.3 Å². The van der Waals surface area contributed by atoms with Gasteiger partial charge in [-0.2, -0.15) is 4.98 Å². The molecule has 1 saturated heterocycles. The summed E-state index contributed by atoms with van der Waals surface area (Å²) in [5.74, 6) is 0.483. The van der Waals surface area contributed by atoms with Crippen LogP contribution in [-0.4, -0.2) is 40.8 Å². The molecule has 1 aliphatic heterocycles. The van der Waals surface area contributed by atoms with E-state index in [1.165, 1.54) is 4.57 Å². The fraction of sp³-hybridized carbons (Fsp3) is 0.438. The van der Waals surface area contributed by atoms with Gasteiger partial charge in [-0.3, -0.25) is 4.57 Å². The third-order valence-corrected chi connectivity index (χ3v) is 3.93. The number of ether oxygens (including phenoxy) is 1. The first-order chi connectivity index (χ1) is 10.7. The molecule has 1 aliphatic rings. The molecule has 1 fully saturated rings. The quantitative estimate of drug-likeness (QED) is 0.856. The first kappa shape index (κ1) is 14.7. The highest BCUT2D eigenvalue weighted by atomic mass is 16.5. The van der Waals surface area contributed by atoms with E-state index in [2.05, 4.69) is 16.9 Å². The van der Waals surface area contributed by atoms with Gasteiger partial charge in [0.25, 0.3) is 0 Å². The summed E-state index contributed by atoms with van der Waals surface area (Å²) in [6.45, 7) is 6.79. The molecule has 0 atom stereocenters. The first-order valence-corrected chi connectivity index (χ1v) is 7.58. The Labute approximate surface area is 129 Å². The number of aryl methyl sites for hydroxylation is 2. The predicted molar refractivity (Wildman–Crippen MR) is 84.8 cm³/mol. The Morgan fingerprint density at radius 3 is 2.73 bits per heavy atom. The number of anilines is 1. The molecule has 6 nitrogen and oxygen atoms in total. The fourth-order valence-corrected chi connectivity index (χ4v) is 2.75. The molecule has 2 aromatic rings. The fourth-order valence-electron chi connectivity index (χ4n) is 2.75. The van der Waals surface area contributed by atoms with Crippen LogP contribution >= 0.6 is 0 Å². The zero-order valence-corrected chi connectivity index (χ0v) is 13.0. The van der Waals surface area contributed by atoms with Gasteiger partial charge in [0.05, 0.1) is 18.9 Å². The molecule has 0 amide bonds. The molecule has 0 spiro atoms. The van der Waals surface area contributed by atoms with Gasteiger partial charge < -0.3 is 9.64 Å². The number of aromatic nitrogens is 3. The van der Waals surface area contributed by atoms with E-state index in [1.807, 2.05) is 30.0 Å². The Bertz CT molecular complexity index is 720. The van der Waals surface area contributed by atoms with E-state index in [-0.39, 0.29) is 5.69 Å². The van der Waals surface area contributed by atoms with Crippen molar-refractivity contribution in [2.24, 2.45) is 0 Å². The van der Waals surface area contributed by atoms with Gasteiger partial charge in [-0.1, -0.05) is 25.1 Å². The Morgan fingerprint density at radius 2 is 2.05 bits per heavy atom. The van der Waals surface area contributed by atoms with E-state index >= 15 is 0 Å². The Balaban J connectivity index is 2.01. The zero-order chi connectivity index (χ0) is 15.5. The summed E-state index contributed by atoms with van der Waals surface area (Å²) in [5, 5.41) is 0. The largest absolute Gasteiger partial charge is 0.378 e. The standard InChI is InChI=1S/C16H20N4O2/c1-3-13-6-4-5-12(2)14(13)20-11-17-15(18-16(20)21)19-7-9-22-10-8-19/h4-6,11H,3,7-10H2,1-2H3. The molecule has 0 unspecified atom stereocenters. The van der Waals surface area contributed by atoms with E-state index in [0.717, 1.165) is 23.2 Å². The second-order valence-corrected chi connectivity index (χ2v) is 5.34. The minimum atomic E-state index is -0.291. The number of para-hydroxylation sites is 1. The highest BCUT2D eigenvalue weighted by Crippen LogP contribution is 2.18. The van der Waals surface area contributed by atoms with Gasteiger partial charge in [-0.15, -0.1) is 0 Å². The van der Waals surface area contributed by atoms with Gasteiger partial charge in [0.1, 0.15) is 6.33 Å².